The van der Waals surface area contributed by atoms with E-state index in [2.05, 4.69) is 35.1 Å². The molecule has 0 saturated carbocycles. The Labute approximate surface area is 231 Å². The van der Waals surface area contributed by atoms with Crippen molar-refractivity contribution in [3.05, 3.63) is 54.6 Å². The molecule has 12 heteroatoms. The largest absolute Gasteiger partial charge is 0.492 e. The Bertz CT molecular complexity index is 1460. The van der Waals surface area contributed by atoms with Crippen LogP contribution in [0.15, 0.2) is 48.8 Å². The number of nitrogens with one attached hydrogen (secondary N) is 1. The number of hydrogen-bond donors (Lipinski definition) is 2. The van der Waals surface area contributed by atoms with Crippen LogP contribution >= 0.6 is 0 Å². The van der Waals surface area contributed by atoms with Crippen LogP contribution in [0.4, 0.5) is 27.7 Å². The first-order valence-electron chi connectivity index (χ1n) is 13.3. The fourth-order valence-electron chi connectivity index (χ4n) is 4.80. The van der Waals surface area contributed by atoms with E-state index in [0.29, 0.717) is 53.4 Å². The van der Waals surface area contributed by atoms with Crippen molar-refractivity contribution in [1.82, 2.24) is 24.8 Å². The lowest BCUT2D eigenvalue weighted by Crippen LogP contribution is -2.38. The van der Waals surface area contributed by atoms with Gasteiger partial charge in [-0.3, -0.25) is 9.88 Å². The molecule has 2 aliphatic heterocycles. The SMILES string of the molecule is Nc1nc(Nc2ccc(N3CCOCC3)nc2)nc2c(-c3ccc(OCCN4CCOCC4)cc3F)nccc12. The number of pyridine rings is 2. The second kappa shape index (κ2) is 11.9. The van der Waals surface area contributed by atoms with E-state index in [4.69, 9.17) is 19.9 Å². The molecule has 0 unspecified atom stereocenters. The third-order valence-corrected chi connectivity index (χ3v) is 6.96. The number of benzene rings is 1. The van der Waals surface area contributed by atoms with Crippen molar-refractivity contribution >= 4 is 34.2 Å². The van der Waals surface area contributed by atoms with Gasteiger partial charge in [0.25, 0.3) is 0 Å². The maximum Gasteiger partial charge on any atom is 0.229 e. The summed E-state index contributed by atoms with van der Waals surface area (Å²) >= 11 is 0. The Morgan fingerprint density at radius 3 is 2.50 bits per heavy atom. The van der Waals surface area contributed by atoms with Crippen LogP contribution in [-0.2, 0) is 9.47 Å². The van der Waals surface area contributed by atoms with E-state index in [1.807, 2.05) is 12.1 Å². The molecule has 3 N–H and O–H groups in total. The lowest BCUT2D eigenvalue weighted by molar-refractivity contribution is 0.0322. The number of anilines is 4. The smallest absolute Gasteiger partial charge is 0.229 e. The number of nitrogens with two attached hydrogens (primary N) is 1. The number of halogens is 1. The van der Waals surface area contributed by atoms with Gasteiger partial charge in [-0.25, -0.2) is 14.4 Å². The molecule has 6 rings (SSSR count). The number of morpholine rings is 2. The van der Waals surface area contributed by atoms with Gasteiger partial charge in [-0.1, -0.05) is 0 Å². The number of aromatic nitrogens is 4. The maximum atomic E-state index is 15.3. The van der Waals surface area contributed by atoms with Gasteiger partial charge in [0.05, 0.1) is 44.0 Å². The van der Waals surface area contributed by atoms with E-state index in [0.717, 1.165) is 51.8 Å². The summed E-state index contributed by atoms with van der Waals surface area (Å²) in [6.07, 6.45) is 3.29. The van der Waals surface area contributed by atoms with Gasteiger partial charge in [-0.05, 0) is 30.3 Å². The highest BCUT2D eigenvalue weighted by Gasteiger charge is 2.17. The topological polar surface area (TPSA) is 124 Å². The third-order valence-electron chi connectivity index (χ3n) is 6.96. The first-order valence-corrected chi connectivity index (χ1v) is 13.3. The average molecular weight is 547 g/mol. The van der Waals surface area contributed by atoms with E-state index >= 15 is 4.39 Å². The van der Waals surface area contributed by atoms with Crippen LogP contribution in [0.2, 0.25) is 0 Å². The van der Waals surface area contributed by atoms with Crippen molar-refractivity contribution in [1.29, 1.82) is 0 Å². The van der Waals surface area contributed by atoms with Gasteiger partial charge in [0.1, 0.15) is 35.3 Å². The third kappa shape index (κ3) is 5.88. The van der Waals surface area contributed by atoms with Gasteiger partial charge in [0, 0.05) is 55.9 Å². The molecule has 3 aromatic heterocycles. The van der Waals surface area contributed by atoms with Crippen molar-refractivity contribution in [3.8, 4) is 17.0 Å². The molecule has 2 saturated heterocycles. The van der Waals surface area contributed by atoms with Gasteiger partial charge >= 0.3 is 0 Å². The van der Waals surface area contributed by atoms with Crippen LogP contribution in [0.1, 0.15) is 0 Å². The summed E-state index contributed by atoms with van der Waals surface area (Å²) in [4.78, 5) is 22.5. The molecule has 0 amide bonds. The molecule has 0 atom stereocenters. The molecule has 1 aromatic carbocycles. The number of hydrogen-bond acceptors (Lipinski definition) is 11. The molecule has 5 heterocycles. The van der Waals surface area contributed by atoms with Crippen molar-refractivity contribution in [2.24, 2.45) is 0 Å². The Morgan fingerprint density at radius 2 is 1.75 bits per heavy atom. The number of nitrogen functional groups attached to an aromatic ring is 1. The van der Waals surface area contributed by atoms with Gasteiger partial charge in [-0.2, -0.15) is 4.98 Å². The Kier molecular flexibility index (Phi) is 7.80. The Morgan fingerprint density at radius 1 is 0.950 bits per heavy atom. The summed E-state index contributed by atoms with van der Waals surface area (Å²) in [7, 11) is 0. The molecule has 4 aromatic rings. The van der Waals surface area contributed by atoms with Gasteiger partial charge in [-0.15, -0.1) is 0 Å². The molecule has 2 fully saturated rings. The fraction of sp³-hybridized carbons (Fsp3) is 0.357. The summed E-state index contributed by atoms with van der Waals surface area (Å²) in [5.74, 6) is 1.40. The summed E-state index contributed by atoms with van der Waals surface area (Å²) in [6.45, 7) is 7.41. The highest BCUT2D eigenvalue weighted by atomic mass is 19.1. The molecule has 0 bridgehead atoms. The van der Waals surface area contributed by atoms with Gasteiger partial charge in [0.2, 0.25) is 5.95 Å². The molecule has 2 aliphatic rings. The number of nitrogens with zero attached hydrogens (tertiary/aromatic N) is 6. The summed E-state index contributed by atoms with van der Waals surface area (Å²) < 4.78 is 31.9. The maximum absolute atomic E-state index is 15.3. The molecule has 208 valence electrons. The predicted molar refractivity (Wildman–Crippen MR) is 150 cm³/mol. The van der Waals surface area contributed by atoms with Crippen molar-refractivity contribution in [2.75, 3.05) is 81.7 Å². The molecule has 0 spiro atoms. The minimum absolute atomic E-state index is 0.262. The average Bonchev–Trinajstić information content (AvgIpc) is 2.99. The zero-order valence-electron chi connectivity index (χ0n) is 22.1. The zero-order chi connectivity index (χ0) is 27.3. The molecule has 40 heavy (non-hydrogen) atoms. The van der Waals surface area contributed by atoms with Gasteiger partial charge < -0.3 is 30.2 Å². The summed E-state index contributed by atoms with van der Waals surface area (Å²) in [5, 5.41) is 3.74. The first-order chi connectivity index (χ1) is 19.6. The molecular formula is C28H31FN8O3. The second-order valence-electron chi connectivity index (χ2n) is 9.56. The lowest BCUT2D eigenvalue weighted by Gasteiger charge is -2.27. The van der Waals surface area contributed by atoms with Crippen molar-refractivity contribution < 1.29 is 18.6 Å². The van der Waals surface area contributed by atoms with Crippen LogP contribution in [0.5, 0.6) is 5.75 Å². The van der Waals surface area contributed by atoms with E-state index in [9.17, 15) is 0 Å². The van der Waals surface area contributed by atoms with Crippen molar-refractivity contribution in [2.45, 2.75) is 0 Å². The quantitative estimate of drug-likeness (QED) is 0.339. The fourth-order valence-corrected chi connectivity index (χ4v) is 4.80. The van der Waals surface area contributed by atoms with Crippen LogP contribution < -0.4 is 20.7 Å². The van der Waals surface area contributed by atoms with Crippen LogP contribution in [0.25, 0.3) is 22.2 Å². The minimum atomic E-state index is -0.460. The lowest BCUT2D eigenvalue weighted by atomic mass is 10.1. The van der Waals surface area contributed by atoms with E-state index in [1.165, 1.54) is 6.07 Å². The van der Waals surface area contributed by atoms with Crippen molar-refractivity contribution in [3.63, 3.8) is 0 Å². The van der Waals surface area contributed by atoms with Crippen LogP contribution in [0.3, 0.4) is 0 Å². The standard InChI is InChI=1S/C28H31FN8O3/c29-23-17-20(40-16-9-36-7-12-38-13-8-36)2-3-21(23)25-26-22(5-6-31-25)27(30)35-28(34-26)33-19-1-4-24(32-18-19)37-10-14-39-15-11-37/h1-6,17-18H,7-16H2,(H3,30,33,34,35). The Hall–Kier alpha value is -4.13. The van der Waals surface area contributed by atoms with Gasteiger partial charge in [0.15, 0.2) is 0 Å². The first kappa shape index (κ1) is 26.1. The molecule has 0 radical (unpaired) electrons. The zero-order valence-corrected chi connectivity index (χ0v) is 22.1. The number of ether oxygens (including phenoxy) is 3. The highest BCUT2D eigenvalue weighted by molar-refractivity contribution is 5.97. The Balaban J connectivity index is 1.20. The summed E-state index contributed by atoms with van der Waals surface area (Å²) in [5.41, 5.74) is 8.09. The monoisotopic (exact) mass is 546 g/mol. The van der Waals surface area contributed by atoms with Crippen LogP contribution in [0, 0.1) is 5.82 Å². The number of fused-ring (bicyclic) bond motifs is 1. The summed E-state index contributed by atoms with van der Waals surface area (Å²) in [6, 6.07) is 10.3. The normalized spacial score (nSPS) is 16.3. The molecule has 11 nitrogen and oxygen atoms in total. The second-order valence-corrected chi connectivity index (χ2v) is 9.56. The van der Waals surface area contributed by atoms with E-state index in [1.54, 1.807) is 30.6 Å². The highest BCUT2D eigenvalue weighted by Crippen LogP contribution is 2.32. The molecular weight excluding hydrogens is 515 g/mol. The van der Waals surface area contributed by atoms with E-state index < -0.39 is 5.82 Å². The van der Waals surface area contributed by atoms with E-state index in [-0.39, 0.29) is 11.8 Å². The number of rotatable bonds is 8. The minimum Gasteiger partial charge on any atom is -0.492 e. The molecule has 0 aliphatic carbocycles. The predicted octanol–water partition coefficient (Wildman–Crippen LogP) is 3.10. The van der Waals surface area contributed by atoms with Crippen LogP contribution in [-0.4, -0.2) is 90.6 Å².